The van der Waals surface area contributed by atoms with Gasteiger partial charge in [-0.1, -0.05) is 50.8 Å². The Morgan fingerprint density at radius 2 is 1.78 bits per heavy atom. The summed E-state index contributed by atoms with van der Waals surface area (Å²) in [5.41, 5.74) is 3.00. The van der Waals surface area contributed by atoms with E-state index in [2.05, 4.69) is 19.2 Å². The Balaban J connectivity index is 1.76. The molecule has 1 heterocycles. The van der Waals surface area contributed by atoms with Crippen LogP contribution in [-0.4, -0.2) is 45.4 Å². The maximum atomic E-state index is 13.5. The highest BCUT2D eigenvalue weighted by Gasteiger charge is 2.29. The standard InChI is InChI=1S/C26H38N4O2/c1-20(2)17-29(18-24-11-8-16-28(24)4)25(31)19-30(23-9-6-5-7-10-23)26(32)27-22-14-12-21(3)13-15-22/h8,11-16,20,23H,5-7,9-10,17-19H2,1-4H3,(H,27,32). The van der Waals surface area contributed by atoms with Crippen molar-refractivity contribution in [2.45, 2.75) is 65.5 Å². The van der Waals surface area contributed by atoms with Crippen LogP contribution in [0, 0.1) is 12.8 Å². The maximum Gasteiger partial charge on any atom is 0.322 e. The molecule has 0 atom stereocenters. The summed E-state index contributed by atoms with van der Waals surface area (Å²) in [4.78, 5) is 30.4. The van der Waals surface area contributed by atoms with E-state index in [1.165, 1.54) is 6.42 Å². The highest BCUT2D eigenvalue weighted by Crippen LogP contribution is 2.24. The largest absolute Gasteiger partial charge is 0.353 e. The van der Waals surface area contributed by atoms with E-state index in [4.69, 9.17) is 0 Å². The fourth-order valence-electron chi connectivity index (χ4n) is 4.39. The van der Waals surface area contributed by atoms with E-state index in [0.717, 1.165) is 42.6 Å². The van der Waals surface area contributed by atoms with E-state index < -0.39 is 0 Å². The first-order valence-corrected chi connectivity index (χ1v) is 11.9. The van der Waals surface area contributed by atoms with E-state index in [-0.39, 0.29) is 24.5 Å². The molecule has 3 rings (SSSR count). The van der Waals surface area contributed by atoms with Crippen LogP contribution in [-0.2, 0) is 18.4 Å². The van der Waals surface area contributed by atoms with Gasteiger partial charge in [-0.25, -0.2) is 4.79 Å². The molecule has 1 fully saturated rings. The number of aryl methyl sites for hydroxylation is 2. The molecule has 1 N–H and O–H groups in total. The molecule has 6 nitrogen and oxygen atoms in total. The molecule has 1 aromatic heterocycles. The first kappa shape index (κ1) is 23.9. The van der Waals surface area contributed by atoms with Gasteiger partial charge in [0.1, 0.15) is 6.54 Å². The van der Waals surface area contributed by atoms with Crippen molar-refractivity contribution >= 4 is 17.6 Å². The minimum atomic E-state index is -0.183. The maximum absolute atomic E-state index is 13.5. The molecular formula is C26H38N4O2. The molecule has 0 unspecified atom stereocenters. The number of hydrogen-bond acceptors (Lipinski definition) is 2. The van der Waals surface area contributed by atoms with Gasteiger partial charge in [0, 0.05) is 37.2 Å². The average Bonchev–Trinajstić information content (AvgIpc) is 3.17. The second-order valence-corrected chi connectivity index (χ2v) is 9.49. The van der Waals surface area contributed by atoms with E-state index >= 15 is 0 Å². The molecule has 3 amide bonds. The van der Waals surface area contributed by atoms with Crippen molar-refractivity contribution in [3.63, 3.8) is 0 Å². The van der Waals surface area contributed by atoms with Crippen molar-refractivity contribution in [1.29, 1.82) is 0 Å². The van der Waals surface area contributed by atoms with Gasteiger partial charge in [-0.3, -0.25) is 4.79 Å². The highest BCUT2D eigenvalue weighted by molar-refractivity contribution is 5.92. The third-order valence-corrected chi connectivity index (χ3v) is 6.23. The molecule has 0 spiro atoms. The number of aromatic nitrogens is 1. The Bertz CT molecular complexity index is 881. The van der Waals surface area contributed by atoms with Gasteiger partial charge in [-0.05, 0) is 49.9 Å². The lowest BCUT2D eigenvalue weighted by Gasteiger charge is -2.35. The molecule has 0 aliphatic heterocycles. The number of rotatable bonds is 8. The van der Waals surface area contributed by atoms with Gasteiger partial charge in [-0.15, -0.1) is 0 Å². The lowest BCUT2D eigenvalue weighted by atomic mass is 9.94. The van der Waals surface area contributed by atoms with Gasteiger partial charge in [0.25, 0.3) is 0 Å². The zero-order valence-electron chi connectivity index (χ0n) is 20.0. The second-order valence-electron chi connectivity index (χ2n) is 9.49. The predicted molar refractivity (Wildman–Crippen MR) is 129 cm³/mol. The van der Waals surface area contributed by atoms with Crippen molar-refractivity contribution in [2.75, 3.05) is 18.4 Å². The van der Waals surface area contributed by atoms with Crippen molar-refractivity contribution in [2.24, 2.45) is 13.0 Å². The number of nitrogens with one attached hydrogen (secondary N) is 1. The van der Waals surface area contributed by atoms with Crippen molar-refractivity contribution < 1.29 is 9.59 Å². The van der Waals surface area contributed by atoms with Gasteiger partial charge >= 0.3 is 6.03 Å². The Kier molecular flexibility index (Phi) is 8.37. The quantitative estimate of drug-likeness (QED) is 0.617. The molecule has 1 aliphatic carbocycles. The summed E-state index contributed by atoms with van der Waals surface area (Å²) in [5.74, 6) is 0.355. The third-order valence-electron chi connectivity index (χ3n) is 6.23. The van der Waals surface area contributed by atoms with Crippen molar-refractivity contribution in [3.05, 3.63) is 53.9 Å². The Morgan fingerprint density at radius 3 is 2.38 bits per heavy atom. The Hall–Kier alpha value is -2.76. The number of nitrogens with zero attached hydrogens (tertiary/aromatic N) is 3. The first-order valence-electron chi connectivity index (χ1n) is 11.9. The molecular weight excluding hydrogens is 400 g/mol. The lowest BCUT2D eigenvalue weighted by molar-refractivity contribution is -0.133. The number of anilines is 1. The zero-order valence-corrected chi connectivity index (χ0v) is 20.0. The van der Waals surface area contributed by atoms with Crippen LogP contribution < -0.4 is 5.32 Å². The predicted octanol–water partition coefficient (Wildman–Crippen LogP) is 5.18. The van der Waals surface area contributed by atoms with Crippen LogP contribution >= 0.6 is 0 Å². The molecule has 2 aromatic rings. The van der Waals surface area contributed by atoms with Crippen LogP contribution in [0.15, 0.2) is 42.6 Å². The van der Waals surface area contributed by atoms with Gasteiger partial charge in [0.2, 0.25) is 5.91 Å². The number of carbonyl (C=O) groups is 2. The number of hydrogen-bond donors (Lipinski definition) is 1. The Labute approximate surface area is 192 Å². The fraction of sp³-hybridized carbons (Fsp3) is 0.538. The van der Waals surface area contributed by atoms with Gasteiger partial charge in [0.15, 0.2) is 0 Å². The minimum Gasteiger partial charge on any atom is -0.353 e. The summed E-state index contributed by atoms with van der Waals surface area (Å²) < 4.78 is 2.05. The zero-order chi connectivity index (χ0) is 23.1. The van der Waals surface area contributed by atoms with Crippen molar-refractivity contribution in [3.8, 4) is 0 Å². The molecule has 0 radical (unpaired) electrons. The summed E-state index contributed by atoms with van der Waals surface area (Å²) in [6.45, 7) is 7.59. The van der Waals surface area contributed by atoms with E-state index in [9.17, 15) is 9.59 Å². The first-order chi connectivity index (χ1) is 15.3. The van der Waals surface area contributed by atoms with Crippen LogP contribution in [0.5, 0.6) is 0 Å². The minimum absolute atomic E-state index is 0.00419. The molecule has 32 heavy (non-hydrogen) atoms. The molecule has 1 aliphatic rings. The van der Waals surface area contributed by atoms with E-state index in [1.807, 2.05) is 66.0 Å². The second kappa shape index (κ2) is 11.2. The SMILES string of the molecule is Cc1ccc(NC(=O)N(CC(=O)N(Cc2cccn2C)CC(C)C)C2CCCCC2)cc1. The number of carbonyl (C=O) groups excluding carboxylic acids is 2. The van der Waals surface area contributed by atoms with Crippen LogP contribution in [0.4, 0.5) is 10.5 Å². The van der Waals surface area contributed by atoms with Gasteiger partial charge < -0.3 is 19.7 Å². The van der Waals surface area contributed by atoms with Crippen LogP contribution in [0.2, 0.25) is 0 Å². The molecule has 1 aromatic carbocycles. The monoisotopic (exact) mass is 438 g/mol. The summed E-state index contributed by atoms with van der Waals surface area (Å²) in [5, 5.41) is 3.02. The summed E-state index contributed by atoms with van der Waals surface area (Å²) >= 11 is 0. The normalized spacial score (nSPS) is 14.4. The summed E-state index contributed by atoms with van der Waals surface area (Å²) in [6.07, 6.45) is 7.31. The van der Waals surface area contributed by atoms with Crippen LogP contribution in [0.3, 0.4) is 0 Å². The smallest absolute Gasteiger partial charge is 0.322 e. The number of urea groups is 1. The molecule has 6 heteroatoms. The summed E-state index contributed by atoms with van der Waals surface area (Å²) in [7, 11) is 2.00. The van der Waals surface area contributed by atoms with E-state index in [1.54, 1.807) is 4.90 Å². The van der Waals surface area contributed by atoms with Crippen LogP contribution in [0.1, 0.15) is 57.2 Å². The van der Waals surface area contributed by atoms with E-state index in [0.29, 0.717) is 19.0 Å². The molecule has 0 bridgehead atoms. The highest BCUT2D eigenvalue weighted by atomic mass is 16.2. The average molecular weight is 439 g/mol. The van der Waals surface area contributed by atoms with Crippen LogP contribution in [0.25, 0.3) is 0 Å². The topological polar surface area (TPSA) is 57.6 Å². The fourth-order valence-corrected chi connectivity index (χ4v) is 4.39. The lowest BCUT2D eigenvalue weighted by Crippen LogP contribution is -2.50. The number of benzene rings is 1. The molecule has 174 valence electrons. The number of amides is 3. The van der Waals surface area contributed by atoms with Crippen molar-refractivity contribution in [1.82, 2.24) is 14.4 Å². The van der Waals surface area contributed by atoms with Gasteiger partial charge in [0.05, 0.1) is 6.54 Å². The van der Waals surface area contributed by atoms with Gasteiger partial charge in [-0.2, -0.15) is 0 Å². The third kappa shape index (κ3) is 6.62. The molecule has 0 saturated heterocycles. The molecule has 1 saturated carbocycles. The summed E-state index contributed by atoms with van der Waals surface area (Å²) in [6, 6.07) is 11.8. The Morgan fingerprint density at radius 1 is 1.09 bits per heavy atom.